The van der Waals surface area contributed by atoms with Crippen molar-refractivity contribution < 1.29 is 14.3 Å². The second-order valence-corrected chi connectivity index (χ2v) is 6.80. The zero-order valence-corrected chi connectivity index (χ0v) is 16.5. The van der Waals surface area contributed by atoms with E-state index >= 15 is 0 Å². The number of benzene rings is 1. The Labute approximate surface area is 168 Å². The van der Waals surface area contributed by atoms with Gasteiger partial charge in [-0.3, -0.25) is 14.0 Å². The second kappa shape index (κ2) is 8.62. The number of amides is 1. The summed E-state index contributed by atoms with van der Waals surface area (Å²) in [7, 11) is 0. The topological polar surface area (TPSA) is 89.8 Å². The first kappa shape index (κ1) is 19.5. The predicted octanol–water partition coefficient (Wildman–Crippen LogP) is 2.68. The van der Waals surface area contributed by atoms with E-state index < -0.39 is 11.9 Å². The van der Waals surface area contributed by atoms with Crippen LogP contribution in [0.5, 0.6) is 0 Å². The molecule has 8 heteroatoms. The van der Waals surface area contributed by atoms with E-state index in [0.717, 1.165) is 10.0 Å². The van der Waals surface area contributed by atoms with E-state index in [0.29, 0.717) is 11.3 Å². The summed E-state index contributed by atoms with van der Waals surface area (Å²) in [4.78, 5) is 40.4. The Kier molecular flexibility index (Phi) is 6.00. The first-order chi connectivity index (χ1) is 13.4. The number of nitrogens with zero attached hydrogens (tertiary/aromatic N) is 2. The lowest BCUT2D eigenvalue weighted by Crippen LogP contribution is -2.26. The van der Waals surface area contributed by atoms with Crippen LogP contribution in [0.2, 0.25) is 0 Å². The van der Waals surface area contributed by atoms with Gasteiger partial charge in [0.2, 0.25) is 5.91 Å². The van der Waals surface area contributed by atoms with Gasteiger partial charge in [0.1, 0.15) is 18.0 Å². The summed E-state index contributed by atoms with van der Waals surface area (Å²) in [6.07, 6.45) is 3.13. The molecule has 0 aliphatic carbocycles. The Morgan fingerprint density at radius 1 is 1.21 bits per heavy atom. The summed E-state index contributed by atoms with van der Waals surface area (Å²) in [5, 5.41) is 2.47. The van der Waals surface area contributed by atoms with Crippen molar-refractivity contribution in [3.8, 4) is 0 Å². The van der Waals surface area contributed by atoms with Crippen LogP contribution in [0.1, 0.15) is 18.2 Å². The maximum atomic E-state index is 12.4. The normalized spacial score (nSPS) is 11.3. The molecule has 0 aliphatic heterocycles. The average molecular weight is 442 g/mol. The van der Waals surface area contributed by atoms with Crippen molar-refractivity contribution >= 4 is 39.5 Å². The number of ether oxygens (including phenoxy) is 1. The zero-order chi connectivity index (χ0) is 20.1. The maximum Gasteiger partial charge on any atom is 0.355 e. The molecular formula is C20H16BrN3O4. The largest absolute Gasteiger partial charge is 0.455 e. The molecule has 1 N–H and O–H groups in total. The van der Waals surface area contributed by atoms with E-state index in [2.05, 4.69) is 26.2 Å². The van der Waals surface area contributed by atoms with Gasteiger partial charge >= 0.3 is 5.97 Å². The van der Waals surface area contributed by atoms with E-state index in [4.69, 9.17) is 4.74 Å². The monoisotopic (exact) mass is 441 g/mol. The van der Waals surface area contributed by atoms with Crippen LogP contribution in [0.3, 0.4) is 0 Å². The molecular weight excluding hydrogens is 426 g/mol. The van der Waals surface area contributed by atoms with Crippen LogP contribution in [0, 0.1) is 0 Å². The predicted molar refractivity (Wildman–Crippen MR) is 107 cm³/mol. The molecule has 0 bridgehead atoms. The highest BCUT2D eigenvalue weighted by Gasteiger charge is 2.14. The molecule has 1 aromatic carbocycles. The third kappa shape index (κ3) is 4.92. The van der Waals surface area contributed by atoms with Gasteiger partial charge in [-0.25, -0.2) is 9.78 Å². The number of halogens is 1. The number of fused-ring (bicyclic) bond motifs is 1. The van der Waals surface area contributed by atoms with E-state index in [1.165, 1.54) is 23.5 Å². The lowest BCUT2D eigenvalue weighted by Gasteiger charge is -2.09. The van der Waals surface area contributed by atoms with Crippen LogP contribution in [-0.4, -0.2) is 21.3 Å². The van der Waals surface area contributed by atoms with Crippen LogP contribution >= 0.6 is 15.9 Å². The maximum absolute atomic E-state index is 12.4. The molecule has 0 saturated heterocycles. The van der Waals surface area contributed by atoms with Crippen LogP contribution < -0.4 is 10.9 Å². The van der Waals surface area contributed by atoms with Crippen LogP contribution in [0.4, 0.5) is 0 Å². The summed E-state index contributed by atoms with van der Waals surface area (Å²) < 4.78 is 7.38. The molecule has 142 valence electrons. The van der Waals surface area contributed by atoms with Gasteiger partial charge in [0.05, 0.1) is 5.69 Å². The fourth-order valence-electron chi connectivity index (χ4n) is 2.47. The van der Waals surface area contributed by atoms with Crippen LogP contribution in [0.25, 0.3) is 11.7 Å². The summed E-state index contributed by atoms with van der Waals surface area (Å²) in [6, 6.07) is 13.8. The number of aromatic nitrogens is 2. The quantitative estimate of drug-likeness (QED) is 0.485. The van der Waals surface area contributed by atoms with E-state index in [1.807, 2.05) is 18.2 Å². The minimum Gasteiger partial charge on any atom is -0.455 e. The summed E-state index contributed by atoms with van der Waals surface area (Å²) in [5.41, 5.74) is 1.18. The lowest BCUT2D eigenvalue weighted by molar-refractivity contribution is -0.141. The highest BCUT2D eigenvalue weighted by Crippen LogP contribution is 2.11. The van der Waals surface area contributed by atoms with Crippen molar-refractivity contribution in [1.82, 2.24) is 14.7 Å². The van der Waals surface area contributed by atoms with Crippen molar-refractivity contribution in [1.29, 1.82) is 0 Å². The molecule has 0 radical (unpaired) electrons. The molecule has 7 nitrogen and oxygen atoms in total. The lowest BCUT2D eigenvalue weighted by atomic mass is 10.2. The van der Waals surface area contributed by atoms with E-state index in [1.54, 1.807) is 30.5 Å². The highest BCUT2D eigenvalue weighted by molar-refractivity contribution is 9.10. The number of rotatable bonds is 5. The van der Waals surface area contributed by atoms with Gasteiger partial charge in [-0.1, -0.05) is 30.3 Å². The minimum atomic E-state index is -0.725. The van der Waals surface area contributed by atoms with Crippen molar-refractivity contribution in [2.24, 2.45) is 0 Å². The number of carbonyl (C=O) groups is 2. The number of nitrogens with one attached hydrogen (secondary N) is 1. The molecule has 0 spiro atoms. The van der Waals surface area contributed by atoms with Gasteiger partial charge in [-0.2, -0.15) is 0 Å². The summed E-state index contributed by atoms with van der Waals surface area (Å²) in [5.74, 6) is -1.12. The fraction of sp³-hybridized carbons (Fsp3) is 0.100. The van der Waals surface area contributed by atoms with Gasteiger partial charge in [0.25, 0.3) is 5.56 Å². The second-order valence-electron chi connectivity index (χ2n) is 5.89. The number of pyridine rings is 1. The SMILES string of the molecule is CC(=O)N/C(=C/c1ccccc1)C(=O)OCc1cc(=O)n2cc(Br)ccc2n1. The Hall–Kier alpha value is -3.26. The molecule has 1 amide bonds. The van der Waals surface area contributed by atoms with Gasteiger partial charge in [0, 0.05) is 23.7 Å². The zero-order valence-electron chi connectivity index (χ0n) is 14.9. The van der Waals surface area contributed by atoms with Crippen LogP contribution in [-0.2, 0) is 20.9 Å². The number of hydrogen-bond donors (Lipinski definition) is 1. The van der Waals surface area contributed by atoms with E-state index in [-0.39, 0.29) is 17.9 Å². The fourth-order valence-corrected chi connectivity index (χ4v) is 2.81. The highest BCUT2D eigenvalue weighted by atomic mass is 79.9. The number of carbonyl (C=O) groups excluding carboxylic acids is 2. The van der Waals surface area contributed by atoms with Crippen molar-refractivity contribution in [3.63, 3.8) is 0 Å². The molecule has 0 aliphatic rings. The molecule has 0 fully saturated rings. The number of esters is 1. The molecule has 3 aromatic rings. The Balaban J connectivity index is 1.80. The van der Waals surface area contributed by atoms with Gasteiger partial charge in [-0.05, 0) is 39.7 Å². The molecule has 28 heavy (non-hydrogen) atoms. The standard InChI is InChI=1S/C20H16BrN3O4/c1-13(25)22-17(9-14-5-3-2-4-6-14)20(27)28-12-16-10-19(26)24-11-15(21)7-8-18(24)23-16/h2-11H,12H2,1H3,(H,22,25)/b17-9+. The number of hydrogen-bond acceptors (Lipinski definition) is 5. The van der Waals surface area contributed by atoms with Crippen molar-refractivity contribution in [3.05, 3.63) is 86.5 Å². The molecule has 2 aromatic heterocycles. The summed E-state index contributed by atoms with van der Waals surface area (Å²) >= 11 is 3.30. The van der Waals surface area contributed by atoms with Crippen molar-refractivity contribution in [2.75, 3.05) is 0 Å². The minimum absolute atomic E-state index is 0.000131. The molecule has 0 atom stereocenters. The van der Waals surface area contributed by atoms with Gasteiger partial charge in [0.15, 0.2) is 0 Å². The molecule has 2 heterocycles. The first-order valence-corrected chi connectivity index (χ1v) is 9.11. The third-order valence-electron chi connectivity index (χ3n) is 3.67. The Bertz CT molecular complexity index is 1120. The van der Waals surface area contributed by atoms with Crippen LogP contribution in [0.15, 0.2) is 69.7 Å². The van der Waals surface area contributed by atoms with E-state index in [9.17, 15) is 14.4 Å². The smallest absolute Gasteiger partial charge is 0.355 e. The van der Waals surface area contributed by atoms with Gasteiger partial charge in [-0.15, -0.1) is 0 Å². The third-order valence-corrected chi connectivity index (χ3v) is 4.14. The summed E-state index contributed by atoms with van der Waals surface area (Å²) in [6.45, 7) is 1.10. The van der Waals surface area contributed by atoms with Crippen molar-refractivity contribution in [2.45, 2.75) is 13.5 Å². The molecule has 0 saturated carbocycles. The molecule has 3 rings (SSSR count). The molecule has 0 unspecified atom stereocenters. The first-order valence-electron chi connectivity index (χ1n) is 8.32. The Morgan fingerprint density at radius 2 is 1.96 bits per heavy atom. The Morgan fingerprint density at radius 3 is 2.68 bits per heavy atom. The van der Waals surface area contributed by atoms with Gasteiger partial charge < -0.3 is 10.1 Å². The average Bonchev–Trinajstić information content (AvgIpc) is 2.66.